The number of fused-ring (bicyclic) bond motifs is 2. The Morgan fingerprint density at radius 3 is 1.98 bits per heavy atom. The standard InChI is InChI=1S/C36H48N10O6S2Si/c1-17(2)27(44-35(49)51-5)31(47)41-23(16-55(7)8)29-37-14-21(39-29)32-42-19-12-26-20(13-25(19)53-32)43-33(54-26)22-15-38-30(40-22)24-10-9-11-46(24)34(48)28(18(3)4)45-36(50)52-6/h12-15,17-18,23-24,27-28,55H,9-11,16H2,1-8H3,(H,37,39)(H,38,40)(H,41,47)(H,44,49)(H,45,50)/t23-,24?,27-,28-/m0/s1. The van der Waals surface area contributed by atoms with Gasteiger partial charge in [-0.15, -0.1) is 22.7 Å². The van der Waals surface area contributed by atoms with Gasteiger partial charge in [0, 0.05) is 15.3 Å². The molecule has 0 aliphatic carbocycles. The Balaban J connectivity index is 1.19. The largest absolute Gasteiger partial charge is 0.453 e. The molecule has 1 saturated heterocycles. The molecule has 0 radical (unpaired) electrons. The van der Waals surface area contributed by atoms with E-state index in [4.69, 9.17) is 19.4 Å². The topological polar surface area (TPSA) is 209 Å². The van der Waals surface area contributed by atoms with Crippen molar-refractivity contribution < 1.29 is 28.7 Å². The van der Waals surface area contributed by atoms with Gasteiger partial charge >= 0.3 is 12.2 Å². The summed E-state index contributed by atoms with van der Waals surface area (Å²) in [7, 11) is 1.40. The first kappa shape index (κ1) is 39.8. The summed E-state index contributed by atoms with van der Waals surface area (Å²) in [5.74, 6) is 0.597. The summed E-state index contributed by atoms with van der Waals surface area (Å²) in [5, 5.41) is 9.98. The van der Waals surface area contributed by atoms with Gasteiger partial charge in [-0.25, -0.2) is 29.5 Å². The molecule has 55 heavy (non-hydrogen) atoms. The first-order valence-electron chi connectivity index (χ1n) is 18.4. The van der Waals surface area contributed by atoms with Crippen molar-refractivity contribution in [1.29, 1.82) is 0 Å². The van der Waals surface area contributed by atoms with Crippen molar-refractivity contribution in [2.45, 2.75) is 83.8 Å². The summed E-state index contributed by atoms with van der Waals surface area (Å²) in [4.78, 5) is 78.6. The molecule has 5 heterocycles. The van der Waals surface area contributed by atoms with Crippen molar-refractivity contribution >= 4 is 75.9 Å². The molecule has 1 aromatic carbocycles. The van der Waals surface area contributed by atoms with Crippen LogP contribution in [0.4, 0.5) is 9.59 Å². The molecule has 4 aromatic heterocycles. The van der Waals surface area contributed by atoms with Crippen LogP contribution in [0.1, 0.15) is 64.3 Å². The van der Waals surface area contributed by atoms with E-state index in [-0.39, 0.29) is 35.7 Å². The van der Waals surface area contributed by atoms with Gasteiger partial charge in [-0.05, 0) is 42.9 Å². The molecule has 1 fully saturated rings. The monoisotopic (exact) mass is 808 g/mol. The Kier molecular flexibility index (Phi) is 12.2. The van der Waals surface area contributed by atoms with Crippen LogP contribution in [0.3, 0.4) is 0 Å². The second-order valence-corrected chi connectivity index (χ2v) is 20.1. The van der Waals surface area contributed by atoms with Crippen LogP contribution >= 0.6 is 22.7 Å². The van der Waals surface area contributed by atoms with Crippen LogP contribution in [0.15, 0.2) is 24.5 Å². The van der Waals surface area contributed by atoms with E-state index in [0.717, 1.165) is 60.7 Å². The molecule has 1 aliphatic rings. The van der Waals surface area contributed by atoms with Crippen LogP contribution in [0, 0.1) is 11.8 Å². The molecule has 1 aliphatic heterocycles. The number of hydrogen-bond donors (Lipinski definition) is 5. The molecule has 294 valence electrons. The molecule has 5 aromatic rings. The molecule has 1 unspecified atom stereocenters. The SMILES string of the molecule is COC(=O)N[C@H](C(=O)N[C@@H](C[SiH](C)C)c1ncc(-c2nc3cc4sc(-c5cnc(C6CCCN6C(=O)[C@@H](NC(=O)OC)C(C)C)[nH]5)nc4cc3s2)[nH]1)C(C)C. The Morgan fingerprint density at radius 2 is 1.42 bits per heavy atom. The third-order valence-electron chi connectivity index (χ3n) is 9.55. The maximum atomic E-state index is 13.6. The van der Waals surface area contributed by atoms with Crippen molar-refractivity contribution in [2.24, 2.45) is 11.8 Å². The van der Waals surface area contributed by atoms with Gasteiger partial charge < -0.3 is 40.3 Å². The van der Waals surface area contributed by atoms with Gasteiger partial charge in [0.2, 0.25) is 11.8 Å². The highest BCUT2D eigenvalue weighted by molar-refractivity contribution is 7.23. The number of benzene rings is 1. The van der Waals surface area contributed by atoms with Gasteiger partial charge in [0.15, 0.2) is 0 Å². The molecule has 0 saturated carbocycles. The van der Waals surface area contributed by atoms with E-state index in [1.165, 1.54) is 36.9 Å². The third kappa shape index (κ3) is 8.83. The number of rotatable bonds is 13. The van der Waals surface area contributed by atoms with Gasteiger partial charge in [0.25, 0.3) is 0 Å². The predicted molar refractivity (Wildman–Crippen MR) is 215 cm³/mol. The summed E-state index contributed by atoms with van der Waals surface area (Å²) in [6.45, 7) is 12.5. The number of aromatic nitrogens is 6. The fourth-order valence-corrected chi connectivity index (χ4v) is 9.88. The number of alkyl carbamates (subject to hydrolysis) is 2. The molecule has 4 amide bonds. The predicted octanol–water partition coefficient (Wildman–Crippen LogP) is 5.75. The molecular weight excluding hydrogens is 761 g/mol. The molecule has 6 rings (SSSR count). The summed E-state index contributed by atoms with van der Waals surface area (Å²) in [6, 6.07) is 2.78. The number of thiazole rings is 2. The number of hydrogen-bond acceptors (Lipinski definition) is 12. The van der Waals surface area contributed by atoms with Gasteiger partial charge in [-0.2, -0.15) is 0 Å². The first-order chi connectivity index (χ1) is 26.3. The van der Waals surface area contributed by atoms with E-state index in [1.807, 2.05) is 39.8 Å². The number of amides is 4. The average Bonchev–Trinajstić information content (AvgIpc) is 3.99. The molecule has 5 N–H and O–H groups in total. The lowest BCUT2D eigenvalue weighted by molar-refractivity contribution is -0.135. The van der Waals surface area contributed by atoms with Crippen LogP contribution in [0.2, 0.25) is 19.1 Å². The van der Waals surface area contributed by atoms with Crippen molar-refractivity contribution in [3.8, 4) is 21.4 Å². The lowest BCUT2D eigenvalue weighted by atomic mass is 10.0. The number of ether oxygens (including phenoxy) is 2. The lowest BCUT2D eigenvalue weighted by Gasteiger charge is -2.29. The minimum absolute atomic E-state index is 0.121. The van der Waals surface area contributed by atoms with Gasteiger partial charge in [-0.1, -0.05) is 40.8 Å². The van der Waals surface area contributed by atoms with Gasteiger partial charge in [0.05, 0.1) is 70.5 Å². The molecule has 0 bridgehead atoms. The highest BCUT2D eigenvalue weighted by atomic mass is 32.1. The number of methoxy groups -OCH3 is 2. The third-order valence-corrected chi connectivity index (χ3v) is 13.1. The maximum absolute atomic E-state index is 13.6. The Labute approximate surface area is 328 Å². The van der Waals surface area contributed by atoms with E-state index in [9.17, 15) is 19.2 Å². The molecular formula is C36H48N10O6S2Si. The zero-order valence-electron chi connectivity index (χ0n) is 32.2. The van der Waals surface area contributed by atoms with Crippen molar-refractivity contribution in [3.63, 3.8) is 0 Å². The van der Waals surface area contributed by atoms with E-state index < -0.39 is 33.1 Å². The molecule has 19 heteroatoms. The summed E-state index contributed by atoms with van der Waals surface area (Å²) < 4.78 is 11.4. The van der Waals surface area contributed by atoms with Crippen LogP contribution in [-0.2, 0) is 19.1 Å². The van der Waals surface area contributed by atoms with Crippen LogP contribution in [-0.4, -0.2) is 100 Å². The summed E-state index contributed by atoms with van der Waals surface area (Å²) in [5.41, 5.74) is 3.17. The van der Waals surface area contributed by atoms with E-state index >= 15 is 0 Å². The number of likely N-dealkylation sites (tertiary alicyclic amines) is 1. The molecule has 16 nitrogen and oxygen atoms in total. The highest BCUT2D eigenvalue weighted by Gasteiger charge is 2.37. The number of carbonyl (C=O) groups is 4. The smallest absolute Gasteiger partial charge is 0.407 e. The maximum Gasteiger partial charge on any atom is 0.407 e. The highest BCUT2D eigenvalue weighted by Crippen LogP contribution is 2.38. The Morgan fingerprint density at radius 1 is 0.855 bits per heavy atom. The normalized spacial score (nSPS) is 16.2. The second kappa shape index (κ2) is 16.9. The number of nitrogens with one attached hydrogen (secondary N) is 5. The van der Waals surface area contributed by atoms with Crippen molar-refractivity contribution in [3.05, 3.63) is 36.2 Å². The zero-order chi connectivity index (χ0) is 39.6. The quantitative estimate of drug-likeness (QED) is 0.0910. The minimum Gasteiger partial charge on any atom is -0.453 e. The van der Waals surface area contributed by atoms with E-state index in [1.54, 1.807) is 17.3 Å². The summed E-state index contributed by atoms with van der Waals surface area (Å²) >= 11 is 3.05. The Hall–Kier alpha value is -4.88. The summed E-state index contributed by atoms with van der Waals surface area (Å²) in [6.07, 6.45) is 3.79. The number of H-pyrrole nitrogens is 2. The fourth-order valence-electron chi connectivity index (χ4n) is 6.70. The van der Waals surface area contributed by atoms with E-state index in [2.05, 4.69) is 49.0 Å². The number of aromatic amines is 2. The lowest BCUT2D eigenvalue weighted by Crippen LogP contribution is -2.51. The molecule has 0 spiro atoms. The van der Waals surface area contributed by atoms with Crippen molar-refractivity contribution in [1.82, 2.24) is 50.8 Å². The van der Waals surface area contributed by atoms with Crippen LogP contribution in [0.5, 0.6) is 0 Å². The van der Waals surface area contributed by atoms with Crippen LogP contribution in [0.25, 0.3) is 41.8 Å². The van der Waals surface area contributed by atoms with Crippen LogP contribution < -0.4 is 16.0 Å². The van der Waals surface area contributed by atoms with Crippen molar-refractivity contribution in [2.75, 3.05) is 20.8 Å². The van der Waals surface area contributed by atoms with Gasteiger partial charge in [0.1, 0.15) is 33.7 Å². The number of nitrogens with zero attached hydrogens (tertiary/aromatic N) is 5. The minimum atomic E-state index is -1.15. The first-order valence-corrected chi connectivity index (χ1v) is 23.1. The number of carbonyl (C=O) groups excluding carboxylic acids is 4. The number of imidazole rings is 2. The molecule has 4 atom stereocenters. The average molecular weight is 809 g/mol. The zero-order valence-corrected chi connectivity index (χ0v) is 35.0. The second-order valence-electron chi connectivity index (χ2n) is 14.8. The fraction of sp³-hybridized carbons (Fsp3) is 0.500. The Bertz CT molecular complexity index is 2130. The van der Waals surface area contributed by atoms with E-state index in [0.29, 0.717) is 18.2 Å². The van der Waals surface area contributed by atoms with Gasteiger partial charge in [-0.3, -0.25) is 9.59 Å².